The van der Waals surface area contributed by atoms with Gasteiger partial charge in [0.25, 0.3) is 0 Å². The maximum atomic E-state index is 10.4. The lowest BCUT2D eigenvalue weighted by atomic mass is 10.7. The fourth-order valence-electron chi connectivity index (χ4n) is 0.182. The Labute approximate surface area is 58.0 Å². The molecule has 0 aliphatic rings. The highest BCUT2D eigenvalue weighted by Crippen LogP contribution is 1.91. The highest BCUT2D eigenvalue weighted by Gasteiger charge is 1.92. The van der Waals surface area contributed by atoms with Crippen LogP contribution < -0.4 is 5.32 Å². The largest absolute Gasteiger partial charge is 0.358 e. The lowest BCUT2D eigenvalue weighted by Crippen LogP contribution is -2.19. The molecule has 1 N–H and O–H groups in total. The number of carbonyl (C=O) groups is 1. The third-order valence-electron chi connectivity index (χ3n) is 0.561. The highest BCUT2D eigenvalue weighted by atomic mass is 32.2. The van der Waals surface area contributed by atoms with E-state index in [1.54, 1.807) is 7.05 Å². The highest BCUT2D eigenvalue weighted by molar-refractivity contribution is 8.21. The Balaban J connectivity index is 3.11. The van der Waals surface area contributed by atoms with Gasteiger partial charge in [-0.3, -0.25) is 4.79 Å². The Morgan fingerprint density at radius 3 is 3.00 bits per heavy atom. The van der Waals surface area contributed by atoms with Crippen molar-refractivity contribution in [3.63, 3.8) is 0 Å². The standard InChI is InChI=1S/C4H7NOS2/c1-5-4(6)2-8-3-7/h3H,2H2,1H3,(H,5,6). The van der Waals surface area contributed by atoms with Crippen LogP contribution in [0.2, 0.25) is 0 Å². The summed E-state index contributed by atoms with van der Waals surface area (Å²) in [6.45, 7) is 0. The first-order valence-electron chi connectivity index (χ1n) is 2.07. The Bertz CT molecular complexity index is 94.0. The first-order valence-corrected chi connectivity index (χ1v) is 3.59. The normalized spacial score (nSPS) is 8.12. The van der Waals surface area contributed by atoms with Crippen LogP contribution in [0, 0.1) is 0 Å². The SMILES string of the molecule is CNC(=O)CSC=S. The van der Waals surface area contributed by atoms with Crippen LogP contribution in [0.1, 0.15) is 0 Å². The van der Waals surface area contributed by atoms with Crippen molar-refractivity contribution in [3.05, 3.63) is 0 Å². The summed E-state index contributed by atoms with van der Waals surface area (Å²) >= 11 is 5.79. The average Bonchev–Trinajstić information content (AvgIpc) is 1.83. The summed E-state index contributed by atoms with van der Waals surface area (Å²) in [4.78, 5) is 10.4. The molecule has 0 rings (SSSR count). The third kappa shape index (κ3) is 4.08. The molecule has 0 aliphatic carbocycles. The van der Waals surface area contributed by atoms with E-state index in [0.29, 0.717) is 5.75 Å². The molecular weight excluding hydrogens is 142 g/mol. The van der Waals surface area contributed by atoms with E-state index >= 15 is 0 Å². The number of rotatable bonds is 3. The molecule has 1 amide bonds. The Hall–Kier alpha value is -0.0900. The molecule has 8 heavy (non-hydrogen) atoms. The van der Waals surface area contributed by atoms with Gasteiger partial charge in [-0.05, 0) is 0 Å². The van der Waals surface area contributed by atoms with Gasteiger partial charge in [0.05, 0.1) is 5.75 Å². The van der Waals surface area contributed by atoms with E-state index in [1.807, 2.05) is 0 Å². The van der Waals surface area contributed by atoms with Crippen molar-refractivity contribution in [2.24, 2.45) is 0 Å². The summed E-state index contributed by atoms with van der Waals surface area (Å²) in [5.41, 5.74) is 0. The van der Waals surface area contributed by atoms with Crippen LogP contribution in [0.4, 0.5) is 0 Å². The van der Waals surface area contributed by atoms with Crippen LogP contribution >= 0.6 is 24.0 Å². The molecule has 2 nitrogen and oxygen atoms in total. The van der Waals surface area contributed by atoms with Crippen molar-refractivity contribution in [1.29, 1.82) is 0 Å². The molecule has 46 valence electrons. The Kier molecular flexibility index (Phi) is 5.00. The number of thiocarbonyl (C=S) groups is 1. The van der Waals surface area contributed by atoms with Gasteiger partial charge in [0.15, 0.2) is 0 Å². The molecular formula is C4H7NOS2. The van der Waals surface area contributed by atoms with Gasteiger partial charge in [-0.1, -0.05) is 12.2 Å². The van der Waals surface area contributed by atoms with Gasteiger partial charge in [-0.2, -0.15) is 0 Å². The van der Waals surface area contributed by atoms with Crippen LogP contribution in [0.25, 0.3) is 0 Å². The van der Waals surface area contributed by atoms with Gasteiger partial charge in [-0.15, -0.1) is 11.8 Å². The minimum absolute atomic E-state index is 0.0103. The lowest BCUT2D eigenvalue weighted by molar-refractivity contribution is -0.118. The zero-order valence-corrected chi connectivity index (χ0v) is 6.14. The number of nitrogens with one attached hydrogen (secondary N) is 1. The van der Waals surface area contributed by atoms with E-state index in [2.05, 4.69) is 17.5 Å². The first kappa shape index (κ1) is 7.91. The molecule has 0 fully saturated rings. The van der Waals surface area contributed by atoms with Crippen molar-refractivity contribution >= 4 is 34.6 Å². The zero-order valence-electron chi connectivity index (χ0n) is 4.51. The monoisotopic (exact) mass is 149 g/mol. The molecule has 0 heterocycles. The van der Waals surface area contributed by atoms with Crippen molar-refractivity contribution in [3.8, 4) is 0 Å². The fraction of sp³-hybridized carbons (Fsp3) is 0.500. The van der Waals surface area contributed by atoms with Crippen LogP contribution in [0.3, 0.4) is 0 Å². The zero-order chi connectivity index (χ0) is 6.41. The average molecular weight is 149 g/mol. The molecule has 0 aromatic rings. The second-order valence-corrected chi connectivity index (χ2v) is 2.47. The van der Waals surface area contributed by atoms with Crippen molar-refractivity contribution < 1.29 is 4.79 Å². The summed E-state index contributed by atoms with van der Waals surface area (Å²) in [7, 11) is 1.60. The van der Waals surface area contributed by atoms with Crippen molar-refractivity contribution in [2.75, 3.05) is 12.8 Å². The molecule has 0 atom stereocenters. The first-order chi connectivity index (χ1) is 3.81. The lowest BCUT2D eigenvalue weighted by Gasteiger charge is -1.91. The second-order valence-electron chi connectivity index (χ2n) is 1.08. The predicted molar refractivity (Wildman–Crippen MR) is 40.2 cm³/mol. The minimum atomic E-state index is 0.0103. The summed E-state index contributed by atoms with van der Waals surface area (Å²) in [5, 5.41) is 2.47. The summed E-state index contributed by atoms with van der Waals surface area (Å²) in [6.07, 6.45) is 0. The van der Waals surface area contributed by atoms with Gasteiger partial charge in [0.2, 0.25) is 5.91 Å². The van der Waals surface area contributed by atoms with Crippen LogP contribution in [0.15, 0.2) is 0 Å². The summed E-state index contributed by atoms with van der Waals surface area (Å²) < 4.78 is 1.48. The maximum absolute atomic E-state index is 10.4. The van der Waals surface area contributed by atoms with Gasteiger partial charge < -0.3 is 5.32 Å². The summed E-state index contributed by atoms with van der Waals surface area (Å²) in [5.74, 6) is 0.441. The number of thioether (sulfide) groups is 1. The predicted octanol–water partition coefficient (Wildman–Crippen LogP) is 0.423. The van der Waals surface area contributed by atoms with E-state index in [0.717, 1.165) is 0 Å². The number of hydrogen-bond donors (Lipinski definition) is 1. The molecule has 0 saturated heterocycles. The van der Waals surface area contributed by atoms with Crippen LogP contribution in [-0.4, -0.2) is 23.4 Å². The number of carbonyl (C=O) groups excluding carboxylic acids is 1. The molecule has 0 radical (unpaired) electrons. The van der Waals surface area contributed by atoms with E-state index in [-0.39, 0.29) is 5.91 Å². The third-order valence-corrected chi connectivity index (χ3v) is 1.53. The van der Waals surface area contributed by atoms with Crippen molar-refractivity contribution in [1.82, 2.24) is 5.32 Å². The summed E-state index contributed by atoms with van der Waals surface area (Å²) in [6, 6.07) is 0. The van der Waals surface area contributed by atoms with Crippen molar-refractivity contribution in [2.45, 2.75) is 0 Å². The van der Waals surface area contributed by atoms with E-state index in [4.69, 9.17) is 0 Å². The number of hydrogen-bond acceptors (Lipinski definition) is 3. The van der Waals surface area contributed by atoms with E-state index < -0.39 is 0 Å². The van der Waals surface area contributed by atoms with Gasteiger partial charge in [0, 0.05) is 11.7 Å². The van der Waals surface area contributed by atoms with E-state index in [9.17, 15) is 4.79 Å². The molecule has 0 saturated carbocycles. The smallest absolute Gasteiger partial charge is 0.230 e. The molecule has 0 aliphatic heterocycles. The molecule has 0 spiro atoms. The minimum Gasteiger partial charge on any atom is -0.358 e. The molecule has 4 heteroatoms. The fourth-order valence-corrected chi connectivity index (χ4v) is 0.750. The Morgan fingerprint density at radius 2 is 2.62 bits per heavy atom. The van der Waals surface area contributed by atoms with Gasteiger partial charge in [0.1, 0.15) is 0 Å². The number of amides is 1. The molecule has 0 unspecified atom stereocenters. The quantitative estimate of drug-likeness (QED) is 0.590. The molecule has 0 aromatic heterocycles. The van der Waals surface area contributed by atoms with Gasteiger partial charge in [-0.25, -0.2) is 0 Å². The van der Waals surface area contributed by atoms with Crippen LogP contribution in [0.5, 0.6) is 0 Å². The van der Waals surface area contributed by atoms with E-state index in [1.165, 1.54) is 16.5 Å². The Morgan fingerprint density at radius 1 is 2.00 bits per heavy atom. The molecule has 0 aromatic carbocycles. The topological polar surface area (TPSA) is 29.1 Å². The maximum Gasteiger partial charge on any atom is 0.230 e. The van der Waals surface area contributed by atoms with Crippen LogP contribution in [-0.2, 0) is 4.79 Å². The molecule has 0 bridgehead atoms. The second kappa shape index (κ2) is 5.05. The van der Waals surface area contributed by atoms with Gasteiger partial charge >= 0.3 is 0 Å².